The van der Waals surface area contributed by atoms with Gasteiger partial charge in [0.05, 0.1) is 0 Å². The lowest BCUT2D eigenvalue weighted by Crippen LogP contribution is -2.17. The highest BCUT2D eigenvalue weighted by Gasteiger charge is 2.44. The Morgan fingerprint density at radius 1 is 1.26 bits per heavy atom. The van der Waals surface area contributed by atoms with Crippen molar-refractivity contribution in [3.8, 4) is 5.75 Å². The van der Waals surface area contributed by atoms with Crippen molar-refractivity contribution in [1.82, 2.24) is 0 Å². The molecule has 104 valence electrons. The van der Waals surface area contributed by atoms with Crippen molar-refractivity contribution >= 4 is 0 Å². The number of hydrogen-bond donors (Lipinski definition) is 1. The van der Waals surface area contributed by atoms with E-state index >= 15 is 0 Å². The van der Waals surface area contributed by atoms with Crippen molar-refractivity contribution in [1.29, 1.82) is 0 Å². The van der Waals surface area contributed by atoms with Crippen LogP contribution in [0.25, 0.3) is 0 Å². The van der Waals surface area contributed by atoms with Crippen molar-refractivity contribution < 1.29 is 9.50 Å². The van der Waals surface area contributed by atoms with Crippen LogP contribution in [0.3, 0.4) is 0 Å². The number of phenols is 1. The van der Waals surface area contributed by atoms with Crippen LogP contribution < -0.4 is 0 Å². The van der Waals surface area contributed by atoms with Gasteiger partial charge in [-0.1, -0.05) is 33.8 Å². The van der Waals surface area contributed by atoms with Crippen LogP contribution in [0.1, 0.15) is 76.0 Å². The average molecular weight is 262 g/mol. The molecule has 0 spiro atoms. The number of phenolic OH excluding ortho intramolecular Hbond substituents is 1. The summed E-state index contributed by atoms with van der Waals surface area (Å²) in [4.78, 5) is 0. The van der Waals surface area contributed by atoms with Crippen molar-refractivity contribution in [2.45, 2.75) is 70.1 Å². The third-order valence-electron chi connectivity index (χ3n) is 4.72. The van der Waals surface area contributed by atoms with E-state index in [1.54, 1.807) is 0 Å². The van der Waals surface area contributed by atoms with Gasteiger partial charge in [-0.2, -0.15) is 0 Å². The lowest BCUT2D eigenvalue weighted by molar-refractivity contribution is 0.412. The molecule has 0 aliphatic heterocycles. The maximum atomic E-state index is 14.7. The zero-order valence-corrected chi connectivity index (χ0v) is 12.3. The van der Waals surface area contributed by atoms with E-state index in [0.717, 1.165) is 42.4 Å². The number of benzene rings is 1. The van der Waals surface area contributed by atoms with Gasteiger partial charge in [0.2, 0.25) is 0 Å². The Morgan fingerprint density at radius 3 is 2.26 bits per heavy atom. The van der Waals surface area contributed by atoms with Gasteiger partial charge in [-0.15, -0.1) is 0 Å². The fourth-order valence-corrected chi connectivity index (χ4v) is 2.96. The summed E-state index contributed by atoms with van der Waals surface area (Å²) in [6, 6.07) is 2.08. The maximum Gasteiger partial charge on any atom is 0.168 e. The molecule has 2 aliphatic rings. The van der Waals surface area contributed by atoms with E-state index in [0.29, 0.717) is 5.92 Å². The summed E-state index contributed by atoms with van der Waals surface area (Å²) in [5.74, 6) is -0.117. The van der Waals surface area contributed by atoms with Crippen LogP contribution in [0.4, 0.5) is 4.39 Å². The second kappa shape index (κ2) is 3.74. The number of aromatic hydroxyl groups is 1. The first kappa shape index (κ1) is 13.0. The fraction of sp³-hybridized carbons (Fsp3) is 0.647. The highest BCUT2D eigenvalue weighted by molar-refractivity contribution is 5.53. The third kappa shape index (κ3) is 2.05. The summed E-state index contributed by atoms with van der Waals surface area (Å²) < 4.78 is 14.7. The summed E-state index contributed by atoms with van der Waals surface area (Å²) >= 11 is 0. The summed E-state index contributed by atoms with van der Waals surface area (Å²) in [6.45, 7) is 8.50. The predicted molar refractivity (Wildman–Crippen MR) is 75.3 cm³/mol. The molecule has 2 fully saturated rings. The normalized spacial score (nSPS) is 21.5. The molecule has 0 heterocycles. The second-order valence-corrected chi connectivity index (χ2v) is 7.63. The van der Waals surface area contributed by atoms with Gasteiger partial charge in [0, 0.05) is 5.56 Å². The standard InChI is InChI=1S/C17H23FO/c1-16(2,3)11-9-12(17(4)7-8-17)15(19)14(18)13(11)10-5-6-10/h9-10,19H,5-8H2,1-4H3. The maximum absolute atomic E-state index is 14.7. The summed E-state index contributed by atoms with van der Waals surface area (Å²) in [5.41, 5.74) is 2.60. The lowest BCUT2D eigenvalue weighted by Gasteiger charge is -2.26. The fourth-order valence-electron chi connectivity index (χ4n) is 2.96. The average Bonchev–Trinajstić information content (AvgIpc) is 3.16. The van der Waals surface area contributed by atoms with E-state index in [4.69, 9.17) is 0 Å². The first-order chi connectivity index (χ1) is 8.74. The van der Waals surface area contributed by atoms with Gasteiger partial charge in [-0.05, 0) is 53.6 Å². The Bertz CT molecular complexity index is 531. The minimum Gasteiger partial charge on any atom is -0.505 e. The molecule has 2 saturated carbocycles. The molecule has 0 atom stereocenters. The third-order valence-corrected chi connectivity index (χ3v) is 4.72. The Morgan fingerprint density at radius 2 is 1.84 bits per heavy atom. The molecular formula is C17H23FO. The molecule has 0 radical (unpaired) electrons. The quantitative estimate of drug-likeness (QED) is 0.815. The van der Waals surface area contributed by atoms with Crippen LogP contribution in [-0.2, 0) is 10.8 Å². The van der Waals surface area contributed by atoms with E-state index in [1.807, 2.05) is 0 Å². The van der Waals surface area contributed by atoms with Gasteiger partial charge in [0.1, 0.15) is 0 Å². The molecule has 2 heteroatoms. The molecule has 0 saturated heterocycles. The Hall–Kier alpha value is -1.05. The number of halogens is 1. The van der Waals surface area contributed by atoms with Gasteiger partial charge in [0.15, 0.2) is 11.6 Å². The van der Waals surface area contributed by atoms with E-state index in [1.165, 1.54) is 0 Å². The molecule has 2 aliphatic carbocycles. The molecular weight excluding hydrogens is 239 g/mol. The Labute approximate surface area is 114 Å². The van der Waals surface area contributed by atoms with Gasteiger partial charge < -0.3 is 5.11 Å². The monoisotopic (exact) mass is 262 g/mol. The first-order valence-electron chi connectivity index (χ1n) is 7.30. The first-order valence-corrected chi connectivity index (χ1v) is 7.30. The van der Waals surface area contributed by atoms with Gasteiger partial charge in [-0.25, -0.2) is 4.39 Å². The molecule has 1 N–H and O–H groups in total. The van der Waals surface area contributed by atoms with Crippen LogP contribution in [0, 0.1) is 5.82 Å². The van der Waals surface area contributed by atoms with Crippen LogP contribution in [0.15, 0.2) is 6.07 Å². The largest absolute Gasteiger partial charge is 0.505 e. The molecule has 1 aromatic carbocycles. The molecule has 1 aromatic rings. The van der Waals surface area contributed by atoms with Gasteiger partial charge in [-0.3, -0.25) is 0 Å². The number of hydrogen-bond acceptors (Lipinski definition) is 1. The SMILES string of the molecule is CC(C)(C)c1cc(C2(C)CC2)c(O)c(F)c1C1CC1. The summed E-state index contributed by atoms with van der Waals surface area (Å²) in [5, 5.41) is 10.2. The zero-order chi connectivity index (χ0) is 14.0. The number of rotatable bonds is 2. The van der Waals surface area contributed by atoms with Crippen LogP contribution in [0.2, 0.25) is 0 Å². The smallest absolute Gasteiger partial charge is 0.168 e. The minimum absolute atomic E-state index is 0.00694. The van der Waals surface area contributed by atoms with Gasteiger partial charge in [0.25, 0.3) is 0 Å². The molecule has 19 heavy (non-hydrogen) atoms. The van der Waals surface area contributed by atoms with E-state index < -0.39 is 0 Å². The predicted octanol–water partition coefficient (Wildman–Crippen LogP) is 4.76. The zero-order valence-electron chi connectivity index (χ0n) is 12.3. The molecule has 0 bridgehead atoms. The highest BCUT2D eigenvalue weighted by atomic mass is 19.1. The van der Waals surface area contributed by atoms with Crippen LogP contribution in [0.5, 0.6) is 5.75 Å². The Balaban J connectivity index is 2.23. The van der Waals surface area contributed by atoms with Crippen LogP contribution >= 0.6 is 0 Å². The second-order valence-electron chi connectivity index (χ2n) is 7.63. The molecule has 3 rings (SSSR count). The van der Waals surface area contributed by atoms with Crippen molar-refractivity contribution in [2.75, 3.05) is 0 Å². The van der Waals surface area contributed by atoms with E-state index in [9.17, 15) is 9.50 Å². The van der Waals surface area contributed by atoms with Gasteiger partial charge >= 0.3 is 0 Å². The Kier molecular flexibility index (Phi) is 2.55. The molecule has 1 nitrogen and oxygen atoms in total. The summed E-state index contributed by atoms with van der Waals surface area (Å²) in [7, 11) is 0. The van der Waals surface area contributed by atoms with E-state index in [-0.39, 0.29) is 22.4 Å². The van der Waals surface area contributed by atoms with Crippen molar-refractivity contribution in [3.63, 3.8) is 0 Å². The molecule has 0 aromatic heterocycles. The highest BCUT2D eigenvalue weighted by Crippen LogP contribution is 2.55. The molecule has 0 unspecified atom stereocenters. The van der Waals surface area contributed by atoms with E-state index in [2.05, 4.69) is 33.8 Å². The molecule has 0 amide bonds. The van der Waals surface area contributed by atoms with Crippen molar-refractivity contribution in [3.05, 3.63) is 28.6 Å². The topological polar surface area (TPSA) is 20.2 Å². The van der Waals surface area contributed by atoms with Crippen LogP contribution in [-0.4, -0.2) is 5.11 Å². The summed E-state index contributed by atoms with van der Waals surface area (Å²) in [6.07, 6.45) is 4.20. The lowest BCUT2D eigenvalue weighted by atomic mass is 9.79. The van der Waals surface area contributed by atoms with Crippen molar-refractivity contribution in [2.24, 2.45) is 0 Å². The minimum atomic E-state index is -0.349.